The summed E-state index contributed by atoms with van der Waals surface area (Å²) in [6.45, 7) is 0.723. The quantitative estimate of drug-likeness (QED) is 0.620. The first-order valence-corrected chi connectivity index (χ1v) is 9.95. The van der Waals surface area contributed by atoms with Gasteiger partial charge in [-0.25, -0.2) is 9.18 Å². The van der Waals surface area contributed by atoms with Gasteiger partial charge in [-0.2, -0.15) is 0 Å². The number of aromatic hydroxyl groups is 1. The number of nitrogens with zero attached hydrogens (tertiary/aromatic N) is 3. The van der Waals surface area contributed by atoms with Gasteiger partial charge in [-0.3, -0.25) is 0 Å². The van der Waals surface area contributed by atoms with Crippen molar-refractivity contribution in [1.29, 1.82) is 0 Å². The number of methoxy groups -OCH3 is 1. The number of nitrogen functional groups attached to an aromatic ring is 1. The number of carbonyl (C=O) groups excluding carboxylic acids is 1. The molecule has 2 heterocycles. The lowest BCUT2D eigenvalue weighted by molar-refractivity contribution is 0.0600. The minimum atomic E-state index is -1.06. The Balaban J connectivity index is 1.62. The number of para-hydroxylation sites is 1. The molecule has 4 rings (SSSR count). The number of esters is 1. The summed E-state index contributed by atoms with van der Waals surface area (Å²) in [6, 6.07) is 15.6. The third-order valence-corrected chi connectivity index (χ3v) is 5.52. The van der Waals surface area contributed by atoms with E-state index in [9.17, 15) is 14.3 Å². The van der Waals surface area contributed by atoms with Crippen LogP contribution < -0.4 is 10.6 Å². The SMILES string of the molecule is COC(=O)c1ccc([C@H]2C[C@@H](F)CN(c3cc(-c4ccccc4O)nnc3N)C2)cc1. The van der Waals surface area contributed by atoms with Crippen molar-refractivity contribution < 1.29 is 19.0 Å². The minimum Gasteiger partial charge on any atom is -0.507 e. The van der Waals surface area contributed by atoms with Gasteiger partial charge < -0.3 is 20.5 Å². The molecule has 0 bridgehead atoms. The number of nitrogens with two attached hydrogens (primary N) is 1. The summed E-state index contributed by atoms with van der Waals surface area (Å²) < 4.78 is 19.4. The van der Waals surface area contributed by atoms with Gasteiger partial charge in [0, 0.05) is 24.6 Å². The van der Waals surface area contributed by atoms with Gasteiger partial charge in [0.2, 0.25) is 0 Å². The average molecular weight is 422 g/mol. The van der Waals surface area contributed by atoms with Gasteiger partial charge in [-0.1, -0.05) is 24.3 Å². The Morgan fingerprint density at radius 1 is 1.16 bits per heavy atom. The molecule has 1 fully saturated rings. The fourth-order valence-corrected chi connectivity index (χ4v) is 3.95. The topological polar surface area (TPSA) is 102 Å². The number of piperidine rings is 1. The van der Waals surface area contributed by atoms with E-state index in [0.717, 1.165) is 5.56 Å². The van der Waals surface area contributed by atoms with E-state index in [1.165, 1.54) is 7.11 Å². The standard InChI is InChI=1S/C23H23FN4O3/c1-31-23(30)15-8-6-14(7-9-15)16-10-17(24)13-28(12-16)20-11-19(26-27-22(20)25)18-4-2-3-5-21(18)29/h2-9,11,16-17,29H,10,12-13H2,1H3,(H2,25,27)/t16-,17+/m0/s1. The number of anilines is 2. The Morgan fingerprint density at radius 2 is 1.90 bits per heavy atom. The number of phenols is 1. The molecule has 1 aliphatic rings. The summed E-state index contributed by atoms with van der Waals surface area (Å²) in [7, 11) is 1.33. The Morgan fingerprint density at radius 3 is 2.61 bits per heavy atom. The van der Waals surface area contributed by atoms with Crippen molar-refractivity contribution in [2.75, 3.05) is 30.8 Å². The van der Waals surface area contributed by atoms with Crippen molar-refractivity contribution in [3.63, 3.8) is 0 Å². The third kappa shape index (κ3) is 4.28. The van der Waals surface area contributed by atoms with Gasteiger partial charge in [0.15, 0.2) is 5.82 Å². The maximum Gasteiger partial charge on any atom is 0.337 e. The number of phenolic OH excluding ortho intramolecular Hbond substituents is 1. The highest BCUT2D eigenvalue weighted by Crippen LogP contribution is 2.36. The van der Waals surface area contributed by atoms with Gasteiger partial charge in [-0.05, 0) is 42.3 Å². The van der Waals surface area contributed by atoms with E-state index in [2.05, 4.69) is 10.2 Å². The molecule has 1 aromatic heterocycles. The summed E-state index contributed by atoms with van der Waals surface area (Å²) in [4.78, 5) is 13.5. The first-order chi connectivity index (χ1) is 15.0. The van der Waals surface area contributed by atoms with Crippen molar-refractivity contribution in [3.8, 4) is 17.0 Å². The second-order valence-corrected chi connectivity index (χ2v) is 7.57. The molecule has 0 aliphatic carbocycles. The Hall–Kier alpha value is -3.68. The van der Waals surface area contributed by atoms with E-state index >= 15 is 0 Å². The van der Waals surface area contributed by atoms with Crippen LogP contribution in [0.25, 0.3) is 11.3 Å². The van der Waals surface area contributed by atoms with E-state index in [0.29, 0.717) is 35.5 Å². The molecule has 1 saturated heterocycles. The minimum absolute atomic E-state index is 0.0816. The molecule has 3 N–H and O–H groups in total. The van der Waals surface area contributed by atoms with Gasteiger partial charge in [0.05, 0.1) is 24.1 Å². The van der Waals surface area contributed by atoms with Gasteiger partial charge in [0.1, 0.15) is 11.9 Å². The third-order valence-electron chi connectivity index (χ3n) is 5.52. The van der Waals surface area contributed by atoms with Gasteiger partial charge in [-0.15, -0.1) is 10.2 Å². The lowest BCUT2D eigenvalue weighted by Crippen LogP contribution is -2.41. The summed E-state index contributed by atoms with van der Waals surface area (Å²) in [5.74, 6) is -0.213. The number of alkyl halides is 1. The van der Waals surface area contributed by atoms with E-state index in [4.69, 9.17) is 10.5 Å². The molecule has 0 unspecified atom stereocenters. The predicted octanol–water partition coefficient (Wildman–Crippen LogP) is 3.55. The first kappa shape index (κ1) is 20.6. The highest BCUT2D eigenvalue weighted by molar-refractivity contribution is 5.89. The molecule has 31 heavy (non-hydrogen) atoms. The zero-order valence-corrected chi connectivity index (χ0v) is 17.0. The van der Waals surface area contributed by atoms with Crippen LogP contribution >= 0.6 is 0 Å². The van der Waals surface area contributed by atoms with E-state index < -0.39 is 12.1 Å². The van der Waals surface area contributed by atoms with E-state index in [1.807, 2.05) is 17.0 Å². The summed E-state index contributed by atoms with van der Waals surface area (Å²) in [5, 5.41) is 18.3. The molecule has 8 heteroatoms. The zero-order valence-electron chi connectivity index (χ0n) is 17.0. The van der Waals surface area contributed by atoms with Crippen molar-refractivity contribution in [1.82, 2.24) is 10.2 Å². The van der Waals surface area contributed by atoms with Crippen LogP contribution in [0.2, 0.25) is 0 Å². The monoisotopic (exact) mass is 422 g/mol. The van der Waals surface area contributed by atoms with Gasteiger partial charge >= 0.3 is 5.97 Å². The average Bonchev–Trinajstić information content (AvgIpc) is 2.79. The van der Waals surface area contributed by atoms with E-state index in [1.54, 1.807) is 42.5 Å². The number of ether oxygens (including phenoxy) is 1. The Bertz CT molecular complexity index is 1090. The summed E-state index contributed by atoms with van der Waals surface area (Å²) >= 11 is 0. The largest absolute Gasteiger partial charge is 0.507 e. The molecule has 0 amide bonds. The normalized spacial score (nSPS) is 18.6. The molecule has 0 spiro atoms. The first-order valence-electron chi connectivity index (χ1n) is 9.95. The van der Waals surface area contributed by atoms with Gasteiger partial charge in [0.25, 0.3) is 0 Å². The van der Waals surface area contributed by atoms with E-state index in [-0.39, 0.29) is 24.0 Å². The molecule has 1 aliphatic heterocycles. The number of halogens is 1. The van der Waals surface area contributed by atoms with Crippen LogP contribution in [0.4, 0.5) is 15.9 Å². The molecular formula is C23H23FN4O3. The van der Waals surface area contributed by atoms with Crippen LogP contribution in [-0.4, -0.2) is 47.6 Å². The molecule has 3 aromatic rings. The number of aromatic nitrogens is 2. The molecule has 0 saturated carbocycles. The molecule has 0 radical (unpaired) electrons. The van der Waals surface area contributed by atoms with Crippen LogP contribution in [0.15, 0.2) is 54.6 Å². The number of carbonyl (C=O) groups is 1. The highest BCUT2D eigenvalue weighted by atomic mass is 19.1. The lowest BCUT2D eigenvalue weighted by atomic mass is 9.89. The summed E-state index contributed by atoms with van der Waals surface area (Å²) in [5.41, 5.74) is 9.03. The second kappa shape index (κ2) is 8.59. The van der Waals surface area contributed by atoms with Crippen LogP contribution in [0, 0.1) is 0 Å². The van der Waals surface area contributed by atoms with Crippen LogP contribution in [-0.2, 0) is 4.74 Å². The van der Waals surface area contributed by atoms with Crippen LogP contribution in [0.3, 0.4) is 0 Å². The second-order valence-electron chi connectivity index (χ2n) is 7.57. The molecule has 2 atom stereocenters. The van der Waals surface area contributed by atoms with Crippen LogP contribution in [0.5, 0.6) is 5.75 Å². The zero-order chi connectivity index (χ0) is 22.0. The molecule has 160 valence electrons. The molecule has 2 aromatic carbocycles. The molecule has 7 nitrogen and oxygen atoms in total. The number of hydrogen-bond donors (Lipinski definition) is 2. The highest BCUT2D eigenvalue weighted by Gasteiger charge is 2.30. The predicted molar refractivity (Wildman–Crippen MR) is 116 cm³/mol. The smallest absolute Gasteiger partial charge is 0.337 e. The maximum absolute atomic E-state index is 14.7. The van der Waals surface area contributed by atoms with Crippen LogP contribution in [0.1, 0.15) is 28.3 Å². The van der Waals surface area contributed by atoms with Crippen molar-refractivity contribution in [2.24, 2.45) is 0 Å². The van der Waals surface area contributed by atoms with Crippen molar-refractivity contribution in [3.05, 3.63) is 65.7 Å². The molecular weight excluding hydrogens is 399 g/mol. The van der Waals surface area contributed by atoms with Crippen molar-refractivity contribution >= 4 is 17.5 Å². The maximum atomic E-state index is 14.7. The number of benzene rings is 2. The Kier molecular flexibility index (Phi) is 5.70. The fraction of sp³-hybridized carbons (Fsp3) is 0.261. The number of hydrogen-bond acceptors (Lipinski definition) is 7. The van der Waals surface area contributed by atoms with Crippen molar-refractivity contribution in [2.45, 2.75) is 18.5 Å². The fourth-order valence-electron chi connectivity index (χ4n) is 3.95. The Labute approximate surface area is 179 Å². The lowest BCUT2D eigenvalue weighted by Gasteiger charge is -2.36. The number of rotatable bonds is 4. The summed E-state index contributed by atoms with van der Waals surface area (Å²) in [6.07, 6.45) is -0.682.